The van der Waals surface area contributed by atoms with Gasteiger partial charge < -0.3 is 10.5 Å². The fourth-order valence-corrected chi connectivity index (χ4v) is 2.68. The van der Waals surface area contributed by atoms with Crippen LogP contribution in [-0.2, 0) is 13.0 Å². The number of hydrogen-bond donors (Lipinski definition) is 1. The number of nitrogens with two attached hydrogens (primary N) is 1. The zero-order valence-corrected chi connectivity index (χ0v) is 11.2. The molecule has 3 heterocycles. The summed E-state index contributed by atoms with van der Waals surface area (Å²) in [6, 6.07) is 4.15. The standard InChI is InChI=1S/C12H13N5OS/c1-18-11-9-10(14-7-15-11)17(12(13)16-9)5-4-8-3-2-6-19-8/h2-3,6-7H,4-5H2,1H3,(H2,13,16). The molecule has 3 aromatic heterocycles. The van der Waals surface area contributed by atoms with Crippen LogP contribution in [0.25, 0.3) is 11.2 Å². The largest absolute Gasteiger partial charge is 0.479 e. The Balaban J connectivity index is 1.96. The molecule has 0 atom stereocenters. The van der Waals surface area contributed by atoms with Gasteiger partial charge in [0.1, 0.15) is 6.33 Å². The molecule has 0 radical (unpaired) electrons. The van der Waals surface area contributed by atoms with E-state index in [9.17, 15) is 0 Å². The lowest BCUT2D eigenvalue weighted by molar-refractivity contribution is 0.401. The molecular formula is C12H13N5OS. The number of thiophene rings is 1. The number of nitrogen functional groups attached to an aromatic ring is 1. The minimum atomic E-state index is 0.436. The first-order valence-electron chi connectivity index (χ1n) is 5.82. The maximum absolute atomic E-state index is 5.95. The highest BCUT2D eigenvalue weighted by Gasteiger charge is 2.14. The summed E-state index contributed by atoms with van der Waals surface area (Å²) in [5.74, 6) is 0.886. The van der Waals surface area contributed by atoms with Gasteiger partial charge in [0, 0.05) is 11.4 Å². The number of ether oxygens (including phenoxy) is 1. The van der Waals surface area contributed by atoms with E-state index in [0.717, 1.165) is 13.0 Å². The molecule has 0 spiro atoms. The van der Waals surface area contributed by atoms with E-state index >= 15 is 0 Å². The SMILES string of the molecule is COc1ncnc2c1nc(N)n2CCc1cccs1. The molecule has 0 aliphatic carbocycles. The quantitative estimate of drug-likeness (QED) is 0.784. The average molecular weight is 275 g/mol. The Bertz CT molecular complexity index is 692. The molecule has 3 aromatic rings. The van der Waals surface area contributed by atoms with Gasteiger partial charge in [0.25, 0.3) is 0 Å². The van der Waals surface area contributed by atoms with Crippen LogP contribution in [0.5, 0.6) is 5.88 Å². The van der Waals surface area contributed by atoms with Crippen molar-refractivity contribution >= 4 is 28.4 Å². The second kappa shape index (κ2) is 4.85. The van der Waals surface area contributed by atoms with Crippen molar-refractivity contribution in [2.45, 2.75) is 13.0 Å². The van der Waals surface area contributed by atoms with Crippen LogP contribution in [-0.4, -0.2) is 26.6 Å². The summed E-state index contributed by atoms with van der Waals surface area (Å²) in [6.07, 6.45) is 2.36. The average Bonchev–Trinajstić information content (AvgIpc) is 3.03. The molecule has 0 fully saturated rings. The summed E-state index contributed by atoms with van der Waals surface area (Å²) >= 11 is 1.73. The molecule has 6 nitrogen and oxygen atoms in total. The number of imidazole rings is 1. The van der Waals surface area contributed by atoms with Crippen molar-refractivity contribution in [1.29, 1.82) is 0 Å². The lowest BCUT2D eigenvalue weighted by Crippen LogP contribution is -2.06. The highest BCUT2D eigenvalue weighted by molar-refractivity contribution is 7.09. The molecule has 0 saturated carbocycles. The van der Waals surface area contributed by atoms with E-state index < -0.39 is 0 Å². The van der Waals surface area contributed by atoms with Crippen molar-refractivity contribution in [3.05, 3.63) is 28.7 Å². The van der Waals surface area contributed by atoms with Crippen LogP contribution in [0.2, 0.25) is 0 Å². The second-order valence-corrected chi connectivity index (χ2v) is 5.04. The number of hydrogen-bond acceptors (Lipinski definition) is 6. The van der Waals surface area contributed by atoms with Gasteiger partial charge in [-0.2, -0.15) is 4.98 Å². The molecule has 7 heteroatoms. The molecular weight excluding hydrogens is 262 g/mol. The van der Waals surface area contributed by atoms with Gasteiger partial charge in [-0.3, -0.25) is 4.57 Å². The number of aryl methyl sites for hydroxylation is 2. The Morgan fingerprint density at radius 1 is 1.42 bits per heavy atom. The Morgan fingerprint density at radius 3 is 3.05 bits per heavy atom. The lowest BCUT2D eigenvalue weighted by atomic mass is 10.3. The zero-order chi connectivity index (χ0) is 13.2. The van der Waals surface area contributed by atoms with Crippen molar-refractivity contribution in [3.8, 4) is 5.88 Å². The molecule has 3 rings (SSSR count). The van der Waals surface area contributed by atoms with E-state index in [2.05, 4.69) is 26.4 Å². The minimum absolute atomic E-state index is 0.436. The maximum Gasteiger partial charge on any atom is 0.245 e. The Kier molecular flexibility index (Phi) is 3.04. The zero-order valence-electron chi connectivity index (χ0n) is 10.4. The van der Waals surface area contributed by atoms with Crippen molar-refractivity contribution in [2.24, 2.45) is 0 Å². The summed E-state index contributed by atoms with van der Waals surface area (Å²) < 4.78 is 7.05. The van der Waals surface area contributed by atoms with Gasteiger partial charge in [0.05, 0.1) is 7.11 Å². The summed E-state index contributed by atoms with van der Waals surface area (Å²) in [7, 11) is 1.56. The third-order valence-corrected chi connectivity index (χ3v) is 3.82. The molecule has 19 heavy (non-hydrogen) atoms. The topological polar surface area (TPSA) is 78.8 Å². The normalized spacial score (nSPS) is 11.0. The highest BCUT2D eigenvalue weighted by Crippen LogP contribution is 2.23. The number of nitrogens with zero attached hydrogens (tertiary/aromatic N) is 4. The number of methoxy groups -OCH3 is 1. The Hall–Kier alpha value is -2.15. The predicted molar refractivity (Wildman–Crippen MR) is 74.3 cm³/mol. The first-order chi connectivity index (χ1) is 9.29. The summed E-state index contributed by atoms with van der Waals surface area (Å²) in [5, 5.41) is 2.07. The molecule has 0 aliphatic heterocycles. The minimum Gasteiger partial charge on any atom is -0.479 e. The number of rotatable bonds is 4. The van der Waals surface area contributed by atoms with Gasteiger partial charge in [-0.25, -0.2) is 9.97 Å². The van der Waals surface area contributed by atoms with E-state index in [1.807, 2.05) is 10.6 Å². The van der Waals surface area contributed by atoms with Crippen molar-refractivity contribution < 1.29 is 4.74 Å². The maximum atomic E-state index is 5.95. The lowest BCUT2D eigenvalue weighted by Gasteiger charge is -2.04. The van der Waals surface area contributed by atoms with Gasteiger partial charge in [-0.1, -0.05) is 6.07 Å². The summed E-state index contributed by atoms with van der Waals surface area (Å²) in [6.45, 7) is 0.739. The molecule has 0 aliphatic rings. The van der Waals surface area contributed by atoms with Crippen LogP contribution < -0.4 is 10.5 Å². The molecule has 2 N–H and O–H groups in total. The van der Waals surface area contributed by atoms with Crippen molar-refractivity contribution in [2.75, 3.05) is 12.8 Å². The predicted octanol–water partition coefficient (Wildman–Crippen LogP) is 1.72. The second-order valence-electron chi connectivity index (χ2n) is 4.01. The van der Waals surface area contributed by atoms with E-state index in [-0.39, 0.29) is 0 Å². The number of aromatic nitrogens is 4. The highest BCUT2D eigenvalue weighted by atomic mass is 32.1. The molecule has 0 unspecified atom stereocenters. The van der Waals surface area contributed by atoms with Gasteiger partial charge in [0.2, 0.25) is 11.8 Å². The number of fused-ring (bicyclic) bond motifs is 1. The fraction of sp³-hybridized carbons (Fsp3) is 0.250. The third kappa shape index (κ3) is 2.12. The van der Waals surface area contributed by atoms with Crippen LogP contribution in [0.15, 0.2) is 23.8 Å². The van der Waals surface area contributed by atoms with Crippen molar-refractivity contribution in [3.63, 3.8) is 0 Å². The van der Waals surface area contributed by atoms with Crippen LogP contribution >= 0.6 is 11.3 Å². The summed E-state index contributed by atoms with van der Waals surface area (Å²) in [5.41, 5.74) is 7.26. The molecule has 0 bridgehead atoms. The molecule has 0 amide bonds. The van der Waals surface area contributed by atoms with Crippen LogP contribution in [0, 0.1) is 0 Å². The fourth-order valence-electron chi connectivity index (χ4n) is 1.98. The van der Waals surface area contributed by atoms with Gasteiger partial charge >= 0.3 is 0 Å². The van der Waals surface area contributed by atoms with E-state index in [1.54, 1.807) is 18.4 Å². The Labute approximate surface area is 113 Å². The van der Waals surface area contributed by atoms with Crippen LogP contribution in [0.3, 0.4) is 0 Å². The molecule has 0 saturated heterocycles. The number of anilines is 1. The molecule has 98 valence electrons. The van der Waals surface area contributed by atoms with E-state index in [0.29, 0.717) is 23.0 Å². The summed E-state index contributed by atoms with van der Waals surface area (Å²) in [4.78, 5) is 13.9. The van der Waals surface area contributed by atoms with Crippen LogP contribution in [0.4, 0.5) is 5.95 Å². The first-order valence-corrected chi connectivity index (χ1v) is 6.70. The van der Waals surface area contributed by atoms with E-state index in [4.69, 9.17) is 10.5 Å². The Morgan fingerprint density at radius 2 is 2.32 bits per heavy atom. The van der Waals surface area contributed by atoms with Gasteiger partial charge in [0.15, 0.2) is 11.2 Å². The van der Waals surface area contributed by atoms with Gasteiger partial charge in [-0.05, 0) is 17.9 Å². The molecule has 0 aromatic carbocycles. The first kappa shape index (κ1) is 11.9. The van der Waals surface area contributed by atoms with Crippen molar-refractivity contribution in [1.82, 2.24) is 19.5 Å². The van der Waals surface area contributed by atoms with Crippen LogP contribution in [0.1, 0.15) is 4.88 Å². The monoisotopic (exact) mass is 275 g/mol. The van der Waals surface area contributed by atoms with Gasteiger partial charge in [-0.15, -0.1) is 11.3 Å². The third-order valence-electron chi connectivity index (χ3n) is 2.88. The van der Waals surface area contributed by atoms with E-state index in [1.165, 1.54) is 11.2 Å². The smallest absolute Gasteiger partial charge is 0.245 e.